The predicted octanol–water partition coefficient (Wildman–Crippen LogP) is 0.752. The second-order valence-electron chi connectivity index (χ2n) is 4.03. The number of rotatable bonds is 5. The summed E-state index contributed by atoms with van der Waals surface area (Å²) in [5, 5.41) is 3.07. The highest BCUT2D eigenvalue weighted by Gasteiger charge is 2.10. The fourth-order valence-corrected chi connectivity index (χ4v) is 1.74. The number of nitrogens with one attached hydrogen (secondary N) is 2. The maximum absolute atomic E-state index is 11.5. The molecule has 4 N–H and O–H groups in total. The summed E-state index contributed by atoms with van der Waals surface area (Å²) in [6.45, 7) is 0.435. The molecule has 94 valence electrons. The SMILES string of the molecule is NCC(Cc1ccccc1)Nc1ncc[nH]c1=O. The van der Waals surface area contributed by atoms with Gasteiger partial charge in [0.25, 0.3) is 5.56 Å². The molecule has 2 aromatic rings. The molecular weight excluding hydrogens is 228 g/mol. The lowest BCUT2D eigenvalue weighted by Gasteiger charge is -2.16. The van der Waals surface area contributed by atoms with Crippen molar-refractivity contribution in [1.29, 1.82) is 0 Å². The molecule has 0 aliphatic rings. The van der Waals surface area contributed by atoms with Crippen molar-refractivity contribution in [3.05, 3.63) is 58.6 Å². The fraction of sp³-hybridized carbons (Fsp3) is 0.231. The third kappa shape index (κ3) is 3.18. The first-order chi connectivity index (χ1) is 8.79. The van der Waals surface area contributed by atoms with Gasteiger partial charge in [0.05, 0.1) is 0 Å². The number of benzene rings is 1. The van der Waals surface area contributed by atoms with Gasteiger partial charge < -0.3 is 16.0 Å². The van der Waals surface area contributed by atoms with Crippen molar-refractivity contribution in [2.75, 3.05) is 11.9 Å². The van der Waals surface area contributed by atoms with Crippen LogP contribution in [-0.2, 0) is 6.42 Å². The zero-order chi connectivity index (χ0) is 12.8. The second kappa shape index (κ2) is 5.97. The van der Waals surface area contributed by atoms with Gasteiger partial charge in [-0.1, -0.05) is 30.3 Å². The Balaban J connectivity index is 2.07. The summed E-state index contributed by atoms with van der Waals surface area (Å²) in [4.78, 5) is 18.1. The van der Waals surface area contributed by atoms with E-state index < -0.39 is 0 Å². The lowest BCUT2D eigenvalue weighted by molar-refractivity contribution is 0.717. The molecule has 5 nitrogen and oxygen atoms in total. The highest BCUT2D eigenvalue weighted by molar-refractivity contribution is 5.32. The zero-order valence-electron chi connectivity index (χ0n) is 9.97. The molecule has 18 heavy (non-hydrogen) atoms. The van der Waals surface area contributed by atoms with Crippen LogP contribution in [0.4, 0.5) is 5.82 Å². The van der Waals surface area contributed by atoms with Gasteiger partial charge in [0.15, 0.2) is 5.82 Å². The molecule has 1 heterocycles. The Kier molecular flexibility index (Phi) is 4.09. The van der Waals surface area contributed by atoms with E-state index in [1.165, 1.54) is 11.8 Å². The van der Waals surface area contributed by atoms with Gasteiger partial charge in [0.1, 0.15) is 0 Å². The highest BCUT2D eigenvalue weighted by atomic mass is 16.1. The van der Waals surface area contributed by atoms with Crippen molar-refractivity contribution >= 4 is 5.82 Å². The Labute approximate surface area is 105 Å². The van der Waals surface area contributed by atoms with Gasteiger partial charge in [0, 0.05) is 25.0 Å². The maximum atomic E-state index is 11.5. The Morgan fingerprint density at radius 3 is 2.78 bits per heavy atom. The van der Waals surface area contributed by atoms with Crippen molar-refractivity contribution in [2.45, 2.75) is 12.5 Å². The Bertz CT molecular complexity index is 538. The minimum atomic E-state index is -0.232. The summed E-state index contributed by atoms with van der Waals surface area (Å²) >= 11 is 0. The Morgan fingerprint density at radius 2 is 2.11 bits per heavy atom. The van der Waals surface area contributed by atoms with Gasteiger partial charge in [-0.25, -0.2) is 4.98 Å². The lowest BCUT2D eigenvalue weighted by Crippen LogP contribution is -2.33. The van der Waals surface area contributed by atoms with E-state index in [2.05, 4.69) is 15.3 Å². The summed E-state index contributed by atoms with van der Waals surface area (Å²) in [7, 11) is 0. The van der Waals surface area contributed by atoms with Gasteiger partial charge in [-0.3, -0.25) is 4.79 Å². The van der Waals surface area contributed by atoms with Crippen LogP contribution in [0.2, 0.25) is 0 Å². The first kappa shape index (κ1) is 12.3. The van der Waals surface area contributed by atoms with Crippen LogP contribution >= 0.6 is 0 Å². The first-order valence-corrected chi connectivity index (χ1v) is 5.84. The van der Waals surface area contributed by atoms with Gasteiger partial charge in [0.2, 0.25) is 0 Å². The number of aromatic nitrogens is 2. The molecule has 2 rings (SSSR count). The van der Waals surface area contributed by atoms with E-state index in [0.29, 0.717) is 12.4 Å². The number of hydrogen-bond acceptors (Lipinski definition) is 4. The molecule has 1 aromatic carbocycles. The number of nitrogens with zero attached hydrogens (tertiary/aromatic N) is 1. The van der Waals surface area contributed by atoms with Crippen molar-refractivity contribution in [3.63, 3.8) is 0 Å². The van der Waals surface area contributed by atoms with E-state index in [4.69, 9.17) is 5.73 Å². The number of anilines is 1. The Morgan fingerprint density at radius 1 is 1.33 bits per heavy atom. The van der Waals surface area contributed by atoms with E-state index in [9.17, 15) is 4.79 Å². The number of hydrogen-bond donors (Lipinski definition) is 3. The molecule has 5 heteroatoms. The van der Waals surface area contributed by atoms with Crippen molar-refractivity contribution < 1.29 is 0 Å². The number of nitrogens with two attached hydrogens (primary N) is 1. The van der Waals surface area contributed by atoms with E-state index in [1.807, 2.05) is 30.3 Å². The van der Waals surface area contributed by atoms with Crippen LogP contribution in [0.1, 0.15) is 5.56 Å². The molecule has 0 aliphatic heterocycles. The topological polar surface area (TPSA) is 83.8 Å². The minimum absolute atomic E-state index is 0.0107. The monoisotopic (exact) mass is 244 g/mol. The summed E-state index contributed by atoms with van der Waals surface area (Å²) in [5.74, 6) is 0.309. The maximum Gasteiger partial charge on any atom is 0.290 e. The summed E-state index contributed by atoms with van der Waals surface area (Å²) in [6, 6.07) is 9.99. The zero-order valence-corrected chi connectivity index (χ0v) is 9.97. The highest BCUT2D eigenvalue weighted by Crippen LogP contribution is 2.05. The number of aromatic amines is 1. The Hall–Kier alpha value is -2.14. The van der Waals surface area contributed by atoms with Gasteiger partial charge >= 0.3 is 0 Å². The molecular formula is C13H16N4O. The summed E-state index contributed by atoms with van der Waals surface area (Å²) in [6.07, 6.45) is 3.80. The lowest BCUT2D eigenvalue weighted by atomic mass is 10.1. The average Bonchev–Trinajstić information content (AvgIpc) is 2.41. The van der Waals surface area contributed by atoms with E-state index >= 15 is 0 Å². The molecule has 0 saturated carbocycles. The standard InChI is InChI=1S/C13H16N4O/c14-9-11(8-10-4-2-1-3-5-10)17-12-13(18)16-7-6-15-12/h1-7,11H,8-9,14H2,(H,15,17)(H,16,18). The first-order valence-electron chi connectivity index (χ1n) is 5.84. The molecule has 1 unspecified atom stereocenters. The minimum Gasteiger partial charge on any atom is -0.361 e. The quantitative estimate of drug-likeness (QED) is 0.724. The number of H-pyrrole nitrogens is 1. The third-order valence-electron chi connectivity index (χ3n) is 2.66. The van der Waals surface area contributed by atoms with E-state index in [1.54, 1.807) is 6.20 Å². The van der Waals surface area contributed by atoms with Crippen LogP contribution in [0, 0.1) is 0 Å². The molecule has 0 bridgehead atoms. The molecule has 0 amide bonds. The van der Waals surface area contributed by atoms with Crippen molar-refractivity contribution in [3.8, 4) is 0 Å². The fourth-order valence-electron chi connectivity index (χ4n) is 1.74. The molecule has 1 aromatic heterocycles. The van der Waals surface area contributed by atoms with Crippen LogP contribution in [0.5, 0.6) is 0 Å². The van der Waals surface area contributed by atoms with Crippen LogP contribution < -0.4 is 16.6 Å². The van der Waals surface area contributed by atoms with Crippen LogP contribution in [0.15, 0.2) is 47.5 Å². The third-order valence-corrected chi connectivity index (χ3v) is 2.66. The van der Waals surface area contributed by atoms with Gasteiger partial charge in [-0.2, -0.15) is 0 Å². The summed E-state index contributed by atoms with van der Waals surface area (Å²) < 4.78 is 0. The van der Waals surface area contributed by atoms with Gasteiger partial charge in [-0.05, 0) is 12.0 Å². The molecule has 1 atom stereocenters. The van der Waals surface area contributed by atoms with Crippen molar-refractivity contribution in [2.24, 2.45) is 5.73 Å². The van der Waals surface area contributed by atoms with E-state index in [-0.39, 0.29) is 11.6 Å². The van der Waals surface area contributed by atoms with Crippen molar-refractivity contribution in [1.82, 2.24) is 9.97 Å². The smallest absolute Gasteiger partial charge is 0.290 e. The van der Waals surface area contributed by atoms with Crippen LogP contribution in [0.3, 0.4) is 0 Å². The molecule has 0 fully saturated rings. The van der Waals surface area contributed by atoms with E-state index in [0.717, 1.165) is 6.42 Å². The molecule has 0 aliphatic carbocycles. The summed E-state index contributed by atoms with van der Waals surface area (Å²) in [5.41, 5.74) is 6.66. The molecule has 0 spiro atoms. The largest absolute Gasteiger partial charge is 0.361 e. The van der Waals surface area contributed by atoms with Gasteiger partial charge in [-0.15, -0.1) is 0 Å². The second-order valence-corrected chi connectivity index (χ2v) is 4.03. The molecule has 0 radical (unpaired) electrons. The predicted molar refractivity (Wildman–Crippen MR) is 71.5 cm³/mol. The van der Waals surface area contributed by atoms with Crippen LogP contribution in [0.25, 0.3) is 0 Å². The normalized spacial score (nSPS) is 12.1. The van der Waals surface area contributed by atoms with Crippen LogP contribution in [-0.4, -0.2) is 22.6 Å². The molecule has 0 saturated heterocycles. The average molecular weight is 244 g/mol.